The van der Waals surface area contributed by atoms with Crippen molar-refractivity contribution in [2.75, 3.05) is 0 Å². The molecule has 0 bridgehead atoms. The molecule has 2 N–H and O–H groups in total. The van der Waals surface area contributed by atoms with Crippen LogP contribution in [-0.4, -0.2) is 3.84 Å². The van der Waals surface area contributed by atoms with Gasteiger partial charge in [-0.25, -0.2) is 4.99 Å². The van der Waals surface area contributed by atoms with E-state index in [0.29, 0.717) is 3.84 Å². The fourth-order valence-corrected chi connectivity index (χ4v) is 0.757. The molecule has 0 amide bonds. The first-order chi connectivity index (χ1) is 4.16. The van der Waals surface area contributed by atoms with Crippen LogP contribution in [0.1, 0.15) is 6.92 Å². The van der Waals surface area contributed by atoms with E-state index in [9.17, 15) is 0 Å². The maximum atomic E-state index is 5.29. The van der Waals surface area contributed by atoms with Crippen molar-refractivity contribution in [2.24, 2.45) is 10.7 Å². The van der Waals surface area contributed by atoms with Gasteiger partial charge in [0, 0.05) is 5.70 Å². The Hall–Kier alpha value is -0.320. The number of nitrogens with zero attached hydrogens (tertiary/aromatic N) is 1. The molecule has 0 aliphatic carbocycles. The molecule has 9 heavy (non-hydrogen) atoms. The maximum absolute atomic E-state index is 5.29. The number of halogens is 1. The molecule has 0 aromatic rings. The van der Waals surface area contributed by atoms with E-state index in [2.05, 4.69) is 11.6 Å². The number of aliphatic imine (C=N–C) groups is 1. The zero-order valence-electron chi connectivity index (χ0n) is 5.26. The molecule has 0 unspecified atom stereocenters. The molecule has 0 aliphatic rings. The van der Waals surface area contributed by atoms with Gasteiger partial charge in [-0.2, -0.15) is 0 Å². The van der Waals surface area contributed by atoms with Gasteiger partial charge < -0.3 is 5.73 Å². The highest BCUT2D eigenvalue weighted by Crippen LogP contribution is 1.96. The molecule has 0 aliphatic heterocycles. The highest BCUT2D eigenvalue weighted by molar-refractivity contribution is 14.1. The van der Waals surface area contributed by atoms with E-state index >= 15 is 0 Å². The molecule has 0 rings (SSSR count). The van der Waals surface area contributed by atoms with Gasteiger partial charge in [-0.05, 0) is 35.6 Å². The molecular weight excluding hydrogens is 227 g/mol. The second kappa shape index (κ2) is 4.55. The minimum atomic E-state index is 0.545. The molecule has 0 spiro atoms. The van der Waals surface area contributed by atoms with Crippen molar-refractivity contribution in [1.29, 1.82) is 0 Å². The van der Waals surface area contributed by atoms with Crippen LogP contribution in [0.2, 0.25) is 0 Å². The number of hydrogen-bond acceptors (Lipinski definition) is 1. The van der Waals surface area contributed by atoms with Gasteiger partial charge in [-0.3, -0.25) is 0 Å². The fraction of sp³-hybridized carbons (Fsp3) is 0.167. The van der Waals surface area contributed by atoms with Crippen molar-refractivity contribution < 1.29 is 0 Å². The molecule has 50 valence electrons. The second-order valence-corrected chi connectivity index (χ2v) is 2.58. The zero-order chi connectivity index (χ0) is 7.28. The largest absolute Gasteiger partial charge is 0.379 e. The SMILES string of the molecule is C=C/C=C(C)\N=C(/N)I. The lowest BCUT2D eigenvalue weighted by molar-refractivity contribution is 1.31. The lowest BCUT2D eigenvalue weighted by Gasteiger charge is -1.88. The molecule has 0 radical (unpaired) electrons. The quantitative estimate of drug-likeness (QED) is 0.256. The fourth-order valence-electron chi connectivity index (χ4n) is 0.376. The Morgan fingerprint density at radius 2 is 2.33 bits per heavy atom. The topological polar surface area (TPSA) is 38.4 Å². The summed E-state index contributed by atoms with van der Waals surface area (Å²) >= 11 is 1.95. The van der Waals surface area contributed by atoms with E-state index in [4.69, 9.17) is 5.73 Å². The Morgan fingerprint density at radius 1 is 1.78 bits per heavy atom. The molecule has 0 aromatic heterocycles. The van der Waals surface area contributed by atoms with E-state index in [1.165, 1.54) is 0 Å². The van der Waals surface area contributed by atoms with Gasteiger partial charge in [-0.15, -0.1) is 0 Å². The monoisotopic (exact) mass is 236 g/mol. The van der Waals surface area contributed by atoms with E-state index in [1.807, 2.05) is 29.5 Å². The number of nitrogens with two attached hydrogens (primary N) is 1. The first-order valence-electron chi connectivity index (χ1n) is 2.46. The Balaban J connectivity index is 4.05. The van der Waals surface area contributed by atoms with Crippen molar-refractivity contribution in [3.63, 3.8) is 0 Å². The minimum Gasteiger partial charge on any atom is -0.379 e. The summed E-state index contributed by atoms with van der Waals surface area (Å²) in [6, 6.07) is 0. The van der Waals surface area contributed by atoms with Crippen LogP contribution in [0.3, 0.4) is 0 Å². The van der Waals surface area contributed by atoms with Crippen molar-refractivity contribution >= 4 is 26.4 Å². The van der Waals surface area contributed by atoms with E-state index < -0.39 is 0 Å². The van der Waals surface area contributed by atoms with Gasteiger partial charge in [0.05, 0.1) is 0 Å². The van der Waals surface area contributed by atoms with Crippen molar-refractivity contribution in [3.05, 3.63) is 24.4 Å². The Bertz CT molecular complexity index is 154. The highest BCUT2D eigenvalue weighted by atomic mass is 127. The second-order valence-electron chi connectivity index (χ2n) is 1.48. The molecule has 0 saturated heterocycles. The molecule has 0 atom stereocenters. The van der Waals surface area contributed by atoms with Crippen LogP contribution in [-0.2, 0) is 0 Å². The van der Waals surface area contributed by atoms with E-state index in [1.54, 1.807) is 12.2 Å². The summed E-state index contributed by atoms with van der Waals surface area (Å²) in [5.74, 6) is 0. The minimum absolute atomic E-state index is 0.545. The van der Waals surface area contributed by atoms with Crippen LogP contribution in [0.15, 0.2) is 29.4 Å². The maximum Gasteiger partial charge on any atom is 0.162 e. The molecular formula is C6H9IN2. The lowest BCUT2D eigenvalue weighted by atomic mass is 10.4. The van der Waals surface area contributed by atoms with Crippen molar-refractivity contribution in [2.45, 2.75) is 6.92 Å². The van der Waals surface area contributed by atoms with Crippen molar-refractivity contribution in [1.82, 2.24) is 0 Å². The number of amidine groups is 1. The smallest absolute Gasteiger partial charge is 0.162 e. The Morgan fingerprint density at radius 3 is 2.67 bits per heavy atom. The number of allylic oxidation sites excluding steroid dienone is 3. The Labute approximate surface area is 68.7 Å². The summed E-state index contributed by atoms with van der Waals surface area (Å²) in [7, 11) is 0. The Kier molecular flexibility index (Phi) is 4.39. The summed E-state index contributed by atoms with van der Waals surface area (Å²) in [6.45, 7) is 5.39. The van der Waals surface area contributed by atoms with Crippen LogP contribution in [0.4, 0.5) is 0 Å². The van der Waals surface area contributed by atoms with Gasteiger partial charge in [0.25, 0.3) is 0 Å². The summed E-state index contributed by atoms with van der Waals surface area (Å²) in [5, 5.41) is 0. The molecule has 0 aromatic carbocycles. The van der Waals surface area contributed by atoms with Crippen molar-refractivity contribution in [3.8, 4) is 0 Å². The van der Waals surface area contributed by atoms with Gasteiger partial charge in [-0.1, -0.05) is 12.7 Å². The van der Waals surface area contributed by atoms with Gasteiger partial charge >= 0.3 is 0 Å². The third kappa shape index (κ3) is 5.55. The first kappa shape index (κ1) is 8.68. The number of rotatable bonds is 2. The van der Waals surface area contributed by atoms with Gasteiger partial charge in [0.15, 0.2) is 3.84 Å². The number of hydrogen-bond donors (Lipinski definition) is 1. The average molecular weight is 236 g/mol. The predicted molar refractivity (Wildman–Crippen MR) is 49.6 cm³/mol. The molecule has 0 heterocycles. The highest BCUT2D eigenvalue weighted by Gasteiger charge is 1.81. The van der Waals surface area contributed by atoms with Gasteiger partial charge in [0.1, 0.15) is 0 Å². The van der Waals surface area contributed by atoms with Crippen LogP contribution in [0.25, 0.3) is 0 Å². The lowest BCUT2D eigenvalue weighted by Crippen LogP contribution is -1.99. The van der Waals surface area contributed by atoms with Crippen LogP contribution in [0.5, 0.6) is 0 Å². The molecule has 0 saturated carbocycles. The van der Waals surface area contributed by atoms with E-state index in [0.717, 1.165) is 5.70 Å². The van der Waals surface area contributed by atoms with Crippen LogP contribution in [0, 0.1) is 0 Å². The summed E-state index contributed by atoms with van der Waals surface area (Å²) in [6.07, 6.45) is 3.48. The van der Waals surface area contributed by atoms with E-state index in [-0.39, 0.29) is 0 Å². The average Bonchev–Trinajstić information content (AvgIpc) is 1.63. The first-order valence-corrected chi connectivity index (χ1v) is 3.53. The molecule has 2 nitrogen and oxygen atoms in total. The summed E-state index contributed by atoms with van der Waals surface area (Å²) in [4.78, 5) is 3.94. The predicted octanol–water partition coefficient (Wildman–Crippen LogP) is 1.83. The molecule has 0 fully saturated rings. The van der Waals surface area contributed by atoms with Crippen LogP contribution >= 0.6 is 22.6 Å². The summed E-state index contributed by atoms with van der Waals surface area (Å²) < 4.78 is 0.545. The van der Waals surface area contributed by atoms with Crippen LogP contribution < -0.4 is 5.73 Å². The third-order valence-corrected chi connectivity index (χ3v) is 0.883. The standard InChI is InChI=1S/C6H9IN2/c1-3-4-5(2)9-6(7)8/h3-4H,1H2,2H3,(H2,8,9)/b5-4-. The zero-order valence-corrected chi connectivity index (χ0v) is 7.42. The molecule has 3 heteroatoms. The summed E-state index contributed by atoms with van der Waals surface area (Å²) in [5.41, 5.74) is 6.16. The third-order valence-electron chi connectivity index (χ3n) is 0.642. The normalized spacial score (nSPS) is 13.6. The van der Waals surface area contributed by atoms with Gasteiger partial charge in [0.2, 0.25) is 0 Å².